The third kappa shape index (κ3) is 2.54. The molecular formula is C15H18FN3. The number of hydrogen-bond donors (Lipinski definition) is 0. The number of halogens is 1. The first-order valence-corrected chi connectivity index (χ1v) is 6.70. The number of likely N-dealkylation sites (tertiary alicyclic amines) is 1. The fourth-order valence-electron chi connectivity index (χ4n) is 2.84. The van der Waals surface area contributed by atoms with Gasteiger partial charge in [0, 0.05) is 25.5 Å². The quantitative estimate of drug-likeness (QED) is 0.845. The lowest BCUT2D eigenvalue weighted by atomic mass is 10.0. The average Bonchev–Trinajstić information content (AvgIpc) is 3.00. The summed E-state index contributed by atoms with van der Waals surface area (Å²) in [5.74, 6) is 0.907. The maximum Gasteiger partial charge on any atom is 0.123 e. The van der Waals surface area contributed by atoms with Gasteiger partial charge in [0.2, 0.25) is 0 Å². The molecule has 0 aliphatic carbocycles. The van der Waals surface area contributed by atoms with Crippen LogP contribution in [0.25, 0.3) is 0 Å². The third-order valence-corrected chi connectivity index (χ3v) is 3.86. The molecule has 1 aromatic carbocycles. The Morgan fingerprint density at radius 3 is 3.05 bits per heavy atom. The molecule has 2 heterocycles. The molecule has 0 radical (unpaired) electrons. The maximum atomic E-state index is 13.4. The number of aryl methyl sites for hydroxylation is 1. The van der Waals surface area contributed by atoms with Crippen molar-refractivity contribution in [1.29, 1.82) is 0 Å². The zero-order chi connectivity index (χ0) is 13.2. The molecule has 100 valence electrons. The molecule has 1 unspecified atom stereocenters. The van der Waals surface area contributed by atoms with Crippen molar-refractivity contribution in [3.05, 3.63) is 53.9 Å². The zero-order valence-corrected chi connectivity index (χ0v) is 11.1. The standard InChI is InChI=1S/C15H18FN3/c1-18-9-7-17-15(18)11-19-8-3-6-14(19)12-4-2-5-13(16)10-12/h2,4-5,7,9-10,14H,3,6,8,11H2,1H3. The fourth-order valence-corrected chi connectivity index (χ4v) is 2.84. The van der Waals surface area contributed by atoms with Gasteiger partial charge in [0.1, 0.15) is 11.6 Å². The van der Waals surface area contributed by atoms with Crippen LogP contribution in [0.5, 0.6) is 0 Å². The summed E-state index contributed by atoms with van der Waals surface area (Å²) < 4.78 is 15.4. The first-order valence-electron chi connectivity index (χ1n) is 6.70. The van der Waals surface area contributed by atoms with Gasteiger partial charge in [0.05, 0.1) is 6.54 Å². The molecule has 1 aromatic heterocycles. The summed E-state index contributed by atoms with van der Waals surface area (Å²) in [6, 6.07) is 7.28. The van der Waals surface area contributed by atoms with Crippen molar-refractivity contribution in [3.8, 4) is 0 Å². The molecule has 1 saturated heterocycles. The van der Waals surface area contributed by atoms with Gasteiger partial charge in [-0.25, -0.2) is 9.37 Å². The van der Waals surface area contributed by atoms with Crippen LogP contribution in [0, 0.1) is 5.82 Å². The Hall–Kier alpha value is -1.68. The first-order chi connectivity index (χ1) is 9.24. The van der Waals surface area contributed by atoms with E-state index in [0.29, 0.717) is 6.04 Å². The summed E-state index contributed by atoms with van der Waals surface area (Å²) in [4.78, 5) is 6.76. The van der Waals surface area contributed by atoms with E-state index in [1.807, 2.05) is 30.1 Å². The van der Waals surface area contributed by atoms with E-state index < -0.39 is 0 Å². The van der Waals surface area contributed by atoms with Gasteiger partial charge >= 0.3 is 0 Å². The topological polar surface area (TPSA) is 21.1 Å². The number of nitrogens with zero attached hydrogens (tertiary/aromatic N) is 3. The molecular weight excluding hydrogens is 241 g/mol. The summed E-state index contributed by atoms with van der Waals surface area (Å²) in [6.45, 7) is 1.87. The van der Waals surface area contributed by atoms with E-state index in [1.165, 1.54) is 6.07 Å². The SMILES string of the molecule is Cn1ccnc1CN1CCCC1c1cccc(F)c1. The Kier molecular flexibility index (Phi) is 3.34. The second kappa shape index (κ2) is 5.13. The van der Waals surface area contributed by atoms with Gasteiger partial charge in [-0.3, -0.25) is 4.90 Å². The molecule has 3 nitrogen and oxygen atoms in total. The Morgan fingerprint density at radius 1 is 1.42 bits per heavy atom. The van der Waals surface area contributed by atoms with Crippen LogP contribution < -0.4 is 0 Å². The zero-order valence-electron chi connectivity index (χ0n) is 11.1. The summed E-state index contributed by atoms with van der Waals surface area (Å²) in [5.41, 5.74) is 1.08. The van der Waals surface area contributed by atoms with Gasteiger partial charge in [-0.2, -0.15) is 0 Å². The predicted octanol–water partition coefficient (Wildman–Crippen LogP) is 2.90. The van der Waals surface area contributed by atoms with E-state index in [2.05, 4.69) is 9.88 Å². The van der Waals surface area contributed by atoms with Gasteiger partial charge < -0.3 is 4.57 Å². The first kappa shape index (κ1) is 12.4. The molecule has 1 fully saturated rings. The molecule has 0 amide bonds. The Balaban J connectivity index is 1.80. The van der Waals surface area contributed by atoms with Gasteiger partial charge in [0.15, 0.2) is 0 Å². The minimum atomic E-state index is -0.152. The molecule has 1 aliphatic heterocycles. The van der Waals surface area contributed by atoms with E-state index in [0.717, 1.165) is 37.3 Å². The average molecular weight is 259 g/mol. The van der Waals surface area contributed by atoms with Crippen LogP contribution >= 0.6 is 0 Å². The lowest BCUT2D eigenvalue weighted by Gasteiger charge is -2.24. The van der Waals surface area contributed by atoms with E-state index in [4.69, 9.17) is 0 Å². The Bertz CT molecular complexity index is 564. The third-order valence-electron chi connectivity index (χ3n) is 3.86. The van der Waals surface area contributed by atoms with Crippen molar-refractivity contribution in [2.24, 2.45) is 7.05 Å². The molecule has 3 rings (SSSR count). The molecule has 1 atom stereocenters. The van der Waals surface area contributed by atoms with Gasteiger partial charge in [-0.15, -0.1) is 0 Å². The molecule has 19 heavy (non-hydrogen) atoms. The monoisotopic (exact) mass is 259 g/mol. The lowest BCUT2D eigenvalue weighted by molar-refractivity contribution is 0.239. The molecule has 0 spiro atoms. The number of hydrogen-bond acceptors (Lipinski definition) is 2. The van der Waals surface area contributed by atoms with Crippen molar-refractivity contribution < 1.29 is 4.39 Å². The van der Waals surface area contributed by atoms with Gasteiger partial charge in [-0.1, -0.05) is 12.1 Å². The van der Waals surface area contributed by atoms with Crippen molar-refractivity contribution >= 4 is 0 Å². The van der Waals surface area contributed by atoms with Crippen LogP contribution in [0.2, 0.25) is 0 Å². The van der Waals surface area contributed by atoms with Crippen molar-refractivity contribution in [1.82, 2.24) is 14.5 Å². The smallest absolute Gasteiger partial charge is 0.123 e. The van der Waals surface area contributed by atoms with Crippen molar-refractivity contribution in [3.63, 3.8) is 0 Å². The molecule has 1 aliphatic rings. The second-order valence-corrected chi connectivity index (χ2v) is 5.14. The fraction of sp³-hybridized carbons (Fsp3) is 0.400. The van der Waals surface area contributed by atoms with E-state index in [-0.39, 0.29) is 5.82 Å². The van der Waals surface area contributed by atoms with Crippen molar-refractivity contribution in [2.45, 2.75) is 25.4 Å². The van der Waals surface area contributed by atoms with Crippen LogP contribution in [-0.2, 0) is 13.6 Å². The number of imidazole rings is 1. The van der Waals surface area contributed by atoms with E-state index in [1.54, 1.807) is 12.1 Å². The highest BCUT2D eigenvalue weighted by Crippen LogP contribution is 2.33. The molecule has 0 N–H and O–H groups in total. The molecule has 2 aromatic rings. The largest absolute Gasteiger partial charge is 0.337 e. The number of rotatable bonds is 3. The summed E-state index contributed by atoms with van der Waals surface area (Å²) in [5, 5.41) is 0. The highest BCUT2D eigenvalue weighted by molar-refractivity contribution is 5.21. The normalized spacial score (nSPS) is 20.0. The van der Waals surface area contributed by atoms with E-state index >= 15 is 0 Å². The van der Waals surface area contributed by atoms with Crippen LogP contribution in [0.15, 0.2) is 36.7 Å². The van der Waals surface area contributed by atoms with Crippen LogP contribution in [0.1, 0.15) is 30.3 Å². The minimum absolute atomic E-state index is 0.152. The number of aromatic nitrogens is 2. The predicted molar refractivity (Wildman–Crippen MR) is 72.0 cm³/mol. The minimum Gasteiger partial charge on any atom is -0.337 e. The molecule has 0 saturated carbocycles. The summed E-state index contributed by atoms with van der Waals surface area (Å²) >= 11 is 0. The van der Waals surface area contributed by atoms with Gasteiger partial charge in [-0.05, 0) is 37.1 Å². The van der Waals surface area contributed by atoms with E-state index in [9.17, 15) is 4.39 Å². The highest BCUT2D eigenvalue weighted by Gasteiger charge is 2.26. The summed E-state index contributed by atoms with van der Waals surface area (Å²) in [7, 11) is 2.01. The molecule has 4 heteroatoms. The Labute approximate surface area is 112 Å². The van der Waals surface area contributed by atoms with Crippen LogP contribution in [-0.4, -0.2) is 21.0 Å². The van der Waals surface area contributed by atoms with Crippen LogP contribution in [0.4, 0.5) is 4.39 Å². The Morgan fingerprint density at radius 2 is 2.32 bits per heavy atom. The van der Waals surface area contributed by atoms with Crippen LogP contribution in [0.3, 0.4) is 0 Å². The lowest BCUT2D eigenvalue weighted by Crippen LogP contribution is -2.24. The van der Waals surface area contributed by atoms with Gasteiger partial charge in [0.25, 0.3) is 0 Å². The maximum absolute atomic E-state index is 13.4. The van der Waals surface area contributed by atoms with Crippen molar-refractivity contribution in [2.75, 3.05) is 6.54 Å². The second-order valence-electron chi connectivity index (χ2n) is 5.14. The molecule has 0 bridgehead atoms. The number of benzene rings is 1. The highest BCUT2D eigenvalue weighted by atomic mass is 19.1. The summed E-state index contributed by atoms with van der Waals surface area (Å²) in [6.07, 6.45) is 6.03.